The second-order valence-corrected chi connectivity index (χ2v) is 8.58. The molecule has 1 atom stereocenters. The van der Waals surface area contributed by atoms with Crippen molar-refractivity contribution in [2.45, 2.75) is 25.8 Å². The van der Waals surface area contributed by atoms with E-state index in [1.54, 1.807) is 24.3 Å². The zero-order chi connectivity index (χ0) is 19.2. The molecule has 0 spiro atoms. The minimum Gasteiger partial charge on any atom is -0.352 e. The Kier molecular flexibility index (Phi) is 7.06. The summed E-state index contributed by atoms with van der Waals surface area (Å²) in [5.41, 5.74) is 1.61. The maximum Gasteiger partial charge on any atom is 0.240 e. The predicted octanol–water partition coefficient (Wildman–Crippen LogP) is 3.24. The summed E-state index contributed by atoms with van der Waals surface area (Å²) < 4.78 is 25.2. The number of rotatable bonds is 8. The average Bonchev–Trinajstić information content (AvgIpc) is 2.59. The molecule has 0 aromatic heterocycles. The second kappa shape index (κ2) is 9.05. The predicted molar refractivity (Wildman–Crippen MR) is 106 cm³/mol. The quantitative estimate of drug-likeness (QED) is 0.747. The first-order valence-corrected chi connectivity index (χ1v) is 10.5. The molecule has 0 aliphatic carbocycles. The van der Waals surface area contributed by atoms with E-state index >= 15 is 0 Å². The van der Waals surface area contributed by atoms with Gasteiger partial charge < -0.3 is 5.32 Å². The Bertz CT molecular complexity index is 824. The summed E-state index contributed by atoms with van der Waals surface area (Å²) in [5.74, 6) is -0.342. The average molecular weight is 395 g/mol. The molecular weight excluding hydrogens is 372 g/mol. The first-order valence-electron chi connectivity index (χ1n) is 8.32. The van der Waals surface area contributed by atoms with Crippen molar-refractivity contribution >= 4 is 33.2 Å². The molecule has 0 saturated heterocycles. The molecule has 0 heterocycles. The Morgan fingerprint density at radius 2 is 1.73 bits per heavy atom. The molecule has 1 N–H and O–H groups in total. The Labute approximate surface area is 160 Å². The van der Waals surface area contributed by atoms with Gasteiger partial charge in [0.25, 0.3) is 0 Å². The van der Waals surface area contributed by atoms with Gasteiger partial charge in [0.1, 0.15) is 6.54 Å². The standard InChI is InChI=1S/C19H23ClN2O3S/c1-15(8-9-16-6-4-3-5-7-16)21-19(23)14-22(26(2,24)25)18-12-10-17(20)11-13-18/h3-7,10-13,15H,8-9,14H2,1-2H3,(H,21,23)/t15-/m1/s1. The molecule has 0 bridgehead atoms. The number of hydrogen-bond acceptors (Lipinski definition) is 3. The number of anilines is 1. The van der Waals surface area contributed by atoms with Crippen molar-refractivity contribution in [3.63, 3.8) is 0 Å². The highest BCUT2D eigenvalue weighted by atomic mass is 35.5. The van der Waals surface area contributed by atoms with Gasteiger partial charge in [0, 0.05) is 11.1 Å². The number of nitrogens with one attached hydrogen (secondary N) is 1. The van der Waals surface area contributed by atoms with E-state index in [9.17, 15) is 13.2 Å². The van der Waals surface area contributed by atoms with Crippen LogP contribution in [0.4, 0.5) is 5.69 Å². The molecule has 140 valence electrons. The van der Waals surface area contributed by atoms with Crippen LogP contribution < -0.4 is 9.62 Å². The maximum atomic E-state index is 12.3. The van der Waals surface area contributed by atoms with E-state index in [1.807, 2.05) is 37.3 Å². The van der Waals surface area contributed by atoms with E-state index in [4.69, 9.17) is 11.6 Å². The first-order chi connectivity index (χ1) is 12.3. The third kappa shape index (κ3) is 6.35. The number of amides is 1. The van der Waals surface area contributed by atoms with Crippen molar-refractivity contribution in [3.8, 4) is 0 Å². The molecule has 5 nitrogen and oxygen atoms in total. The van der Waals surface area contributed by atoms with Gasteiger partial charge in [-0.15, -0.1) is 0 Å². The van der Waals surface area contributed by atoms with Crippen LogP contribution in [-0.4, -0.2) is 33.2 Å². The SMILES string of the molecule is C[C@H](CCc1ccccc1)NC(=O)CN(c1ccc(Cl)cc1)S(C)(=O)=O. The smallest absolute Gasteiger partial charge is 0.240 e. The molecule has 0 unspecified atom stereocenters. The molecule has 2 rings (SSSR count). The number of nitrogens with zero attached hydrogens (tertiary/aromatic N) is 1. The van der Waals surface area contributed by atoms with Crippen LogP contribution in [0.5, 0.6) is 0 Å². The lowest BCUT2D eigenvalue weighted by Crippen LogP contribution is -2.43. The summed E-state index contributed by atoms with van der Waals surface area (Å²) in [6, 6.07) is 16.3. The molecule has 2 aromatic carbocycles. The fraction of sp³-hybridized carbons (Fsp3) is 0.316. The topological polar surface area (TPSA) is 66.5 Å². The van der Waals surface area contributed by atoms with Crippen LogP contribution in [0.2, 0.25) is 5.02 Å². The highest BCUT2D eigenvalue weighted by Gasteiger charge is 2.21. The van der Waals surface area contributed by atoms with Crippen LogP contribution in [0.1, 0.15) is 18.9 Å². The third-order valence-electron chi connectivity index (χ3n) is 3.92. The summed E-state index contributed by atoms with van der Waals surface area (Å²) in [4.78, 5) is 12.3. The van der Waals surface area contributed by atoms with Gasteiger partial charge >= 0.3 is 0 Å². The molecule has 0 radical (unpaired) electrons. The van der Waals surface area contributed by atoms with Crippen molar-refractivity contribution in [1.82, 2.24) is 5.32 Å². The van der Waals surface area contributed by atoms with E-state index in [-0.39, 0.29) is 18.5 Å². The summed E-state index contributed by atoms with van der Waals surface area (Å²) in [6.45, 7) is 1.64. The monoisotopic (exact) mass is 394 g/mol. The van der Waals surface area contributed by atoms with E-state index < -0.39 is 10.0 Å². The van der Waals surface area contributed by atoms with E-state index in [0.717, 1.165) is 23.4 Å². The van der Waals surface area contributed by atoms with Gasteiger partial charge in [-0.25, -0.2) is 8.42 Å². The summed E-state index contributed by atoms with van der Waals surface area (Å²) in [5, 5.41) is 3.36. The van der Waals surface area contributed by atoms with Crippen LogP contribution in [0.3, 0.4) is 0 Å². The van der Waals surface area contributed by atoms with Crippen LogP contribution in [0, 0.1) is 0 Å². The maximum absolute atomic E-state index is 12.3. The highest BCUT2D eigenvalue weighted by Crippen LogP contribution is 2.20. The number of carbonyl (C=O) groups is 1. The van der Waals surface area contributed by atoms with E-state index in [2.05, 4.69) is 5.32 Å². The molecule has 1 amide bonds. The van der Waals surface area contributed by atoms with Gasteiger partial charge in [0.05, 0.1) is 11.9 Å². The van der Waals surface area contributed by atoms with Gasteiger partial charge in [-0.3, -0.25) is 9.10 Å². The number of benzene rings is 2. The number of sulfonamides is 1. The lowest BCUT2D eigenvalue weighted by atomic mass is 10.1. The van der Waals surface area contributed by atoms with Crippen molar-refractivity contribution in [3.05, 3.63) is 65.2 Å². The van der Waals surface area contributed by atoms with Crippen molar-refractivity contribution in [1.29, 1.82) is 0 Å². The number of hydrogen-bond donors (Lipinski definition) is 1. The van der Waals surface area contributed by atoms with Crippen molar-refractivity contribution in [2.24, 2.45) is 0 Å². The fourth-order valence-electron chi connectivity index (χ4n) is 2.56. The Morgan fingerprint density at radius 1 is 1.12 bits per heavy atom. The van der Waals surface area contributed by atoms with Crippen molar-refractivity contribution in [2.75, 3.05) is 17.1 Å². The Balaban J connectivity index is 1.95. The second-order valence-electron chi connectivity index (χ2n) is 6.24. The van der Waals surface area contributed by atoms with Gasteiger partial charge in [0.15, 0.2) is 0 Å². The Hall–Kier alpha value is -2.05. The molecular formula is C19H23ClN2O3S. The third-order valence-corrected chi connectivity index (χ3v) is 5.31. The van der Waals surface area contributed by atoms with Gasteiger partial charge in [-0.1, -0.05) is 41.9 Å². The van der Waals surface area contributed by atoms with E-state index in [0.29, 0.717) is 10.7 Å². The molecule has 0 aliphatic rings. The molecule has 0 aliphatic heterocycles. The molecule has 2 aromatic rings. The number of carbonyl (C=O) groups excluding carboxylic acids is 1. The van der Waals surface area contributed by atoms with Gasteiger partial charge in [-0.05, 0) is 49.6 Å². The summed E-state index contributed by atoms with van der Waals surface area (Å²) in [7, 11) is -3.59. The number of aryl methyl sites for hydroxylation is 1. The lowest BCUT2D eigenvalue weighted by molar-refractivity contribution is -0.120. The van der Waals surface area contributed by atoms with Gasteiger partial charge in [0.2, 0.25) is 15.9 Å². The summed E-state index contributed by atoms with van der Waals surface area (Å²) in [6.07, 6.45) is 2.69. The lowest BCUT2D eigenvalue weighted by Gasteiger charge is -2.23. The minimum atomic E-state index is -3.59. The van der Waals surface area contributed by atoms with Crippen molar-refractivity contribution < 1.29 is 13.2 Å². The molecule has 26 heavy (non-hydrogen) atoms. The molecule has 7 heteroatoms. The normalized spacial score (nSPS) is 12.4. The minimum absolute atomic E-state index is 0.0608. The molecule has 0 saturated carbocycles. The van der Waals surface area contributed by atoms with Crippen LogP contribution in [-0.2, 0) is 21.2 Å². The van der Waals surface area contributed by atoms with Crippen LogP contribution in [0.15, 0.2) is 54.6 Å². The van der Waals surface area contributed by atoms with E-state index in [1.165, 1.54) is 5.56 Å². The fourth-order valence-corrected chi connectivity index (χ4v) is 3.54. The van der Waals surface area contributed by atoms with Gasteiger partial charge in [-0.2, -0.15) is 0 Å². The highest BCUT2D eigenvalue weighted by molar-refractivity contribution is 7.92. The zero-order valence-corrected chi connectivity index (χ0v) is 16.4. The number of halogens is 1. The van der Waals surface area contributed by atoms with Crippen LogP contribution >= 0.6 is 11.6 Å². The Morgan fingerprint density at radius 3 is 2.31 bits per heavy atom. The zero-order valence-electron chi connectivity index (χ0n) is 14.9. The summed E-state index contributed by atoms with van der Waals surface area (Å²) >= 11 is 5.84. The molecule has 0 fully saturated rings. The largest absolute Gasteiger partial charge is 0.352 e. The first kappa shape index (κ1) is 20.3. The van der Waals surface area contributed by atoms with Crippen LogP contribution in [0.25, 0.3) is 0 Å².